The zero-order valence-corrected chi connectivity index (χ0v) is 13.0. The first-order chi connectivity index (χ1) is 11.2. The average Bonchev–Trinajstić information content (AvgIpc) is 3.15. The van der Waals surface area contributed by atoms with Gasteiger partial charge < -0.3 is 10.6 Å². The van der Waals surface area contributed by atoms with Gasteiger partial charge in [-0.25, -0.2) is 4.79 Å². The second-order valence-corrected chi connectivity index (χ2v) is 5.72. The van der Waals surface area contributed by atoms with Crippen LogP contribution in [0, 0.1) is 0 Å². The summed E-state index contributed by atoms with van der Waals surface area (Å²) in [5.41, 5.74) is 8.29. The zero-order valence-electron chi connectivity index (χ0n) is 12.2. The van der Waals surface area contributed by atoms with Crippen molar-refractivity contribution in [3.05, 3.63) is 82.6 Å². The maximum atomic E-state index is 12.0. The first kappa shape index (κ1) is 15.0. The first-order valence-corrected chi connectivity index (χ1v) is 7.86. The number of carbonyl (C=O) groups excluding carboxylic acids is 1. The standard InChI is InChI=1S/C18H14N2O2S/c19-17(16-7-4-12-23-16)20-22-18(21)15-10-8-14(9-11-15)13-5-2-1-3-6-13/h1-12H,(H2,19,20). The van der Waals surface area contributed by atoms with E-state index in [1.807, 2.05) is 60.0 Å². The van der Waals surface area contributed by atoms with E-state index in [9.17, 15) is 4.79 Å². The van der Waals surface area contributed by atoms with Crippen LogP contribution < -0.4 is 5.73 Å². The molecular weight excluding hydrogens is 308 g/mol. The topological polar surface area (TPSA) is 64.7 Å². The third kappa shape index (κ3) is 3.64. The Bertz CT molecular complexity index is 810. The van der Waals surface area contributed by atoms with Crippen molar-refractivity contribution in [3.63, 3.8) is 0 Å². The molecule has 0 spiro atoms. The van der Waals surface area contributed by atoms with Crippen LogP contribution in [0.1, 0.15) is 15.2 Å². The molecule has 0 saturated carbocycles. The highest BCUT2D eigenvalue weighted by molar-refractivity contribution is 7.12. The van der Waals surface area contributed by atoms with Crippen LogP contribution in [0.5, 0.6) is 0 Å². The van der Waals surface area contributed by atoms with E-state index in [0.29, 0.717) is 5.56 Å². The molecule has 114 valence electrons. The molecule has 0 fully saturated rings. The minimum absolute atomic E-state index is 0.189. The van der Waals surface area contributed by atoms with Crippen LogP contribution in [0.15, 0.2) is 77.3 Å². The van der Waals surface area contributed by atoms with Crippen molar-refractivity contribution in [2.24, 2.45) is 10.9 Å². The SMILES string of the molecule is N/C(=N\OC(=O)c1ccc(-c2ccccc2)cc1)c1cccs1. The monoisotopic (exact) mass is 322 g/mol. The van der Waals surface area contributed by atoms with Gasteiger partial charge in [0.25, 0.3) is 0 Å². The number of thiophene rings is 1. The summed E-state index contributed by atoms with van der Waals surface area (Å²) >= 11 is 1.43. The molecule has 0 aliphatic carbocycles. The molecule has 1 heterocycles. The van der Waals surface area contributed by atoms with Crippen molar-refractivity contribution < 1.29 is 9.63 Å². The predicted molar refractivity (Wildman–Crippen MR) is 92.3 cm³/mol. The molecule has 5 heteroatoms. The smallest absolute Gasteiger partial charge is 0.365 e. The lowest BCUT2D eigenvalue weighted by Crippen LogP contribution is -2.13. The van der Waals surface area contributed by atoms with Gasteiger partial charge in [-0.15, -0.1) is 11.3 Å². The van der Waals surface area contributed by atoms with E-state index in [1.165, 1.54) is 11.3 Å². The fourth-order valence-electron chi connectivity index (χ4n) is 2.04. The highest BCUT2D eigenvalue weighted by Crippen LogP contribution is 2.19. The Labute approximate surface area is 137 Å². The molecule has 0 unspecified atom stereocenters. The van der Waals surface area contributed by atoms with Crippen LogP contribution >= 0.6 is 11.3 Å². The van der Waals surface area contributed by atoms with E-state index in [2.05, 4.69) is 5.16 Å². The Morgan fingerprint density at radius 1 is 0.913 bits per heavy atom. The summed E-state index contributed by atoms with van der Waals surface area (Å²) in [7, 11) is 0. The molecule has 2 aromatic carbocycles. The Morgan fingerprint density at radius 2 is 1.61 bits per heavy atom. The molecule has 0 bridgehead atoms. The van der Waals surface area contributed by atoms with Gasteiger partial charge in [0.1, 0.15) is 0 Å². The van der Waals surface area contributed by atoms with Gasteiger partial charge >= 0.3 is 5.97 Å². The third-order valence-corrected chi connectivity index (χ3v) is 4.12. The molecule has 4 nitrogen and oxygen atoms in total. The van der Waals surface area contributed by atoms with Gasteiger partial charge in [0.15, 0.2) is 5.84 Å². The number of nitrogens with zero attached hydrogens (tertiary/aromatic N) is 1. The average molecular weight is 322 g/mol. The van der Waals surface area contributed by atoms with Gasteiger partial charge in [-0.05, 0) is 34.7 Å². The lowest BCUT2D eigenvalue weighted by Gasteiger charge is -2.03. The second-order valence-electron chi connectivity index (χ2n) is 4.78. The number of rotatable bonds is 4. The van der Waals surface area contributed by atoms with Crippen molar-refractivity contribution in [3.8, 4) is 11.1 Å². The van der Waals surface area contributed by atoms with Crippen LogP contribution in [0.3, 0.4) is 0 Å². The number of benzene rings is 2. The summed E-state index contributed by atoms with van der Waals surface area (Å²) in [6.45, 7) is 0. The molecule has 0 atom stereocenters. The Balaban J connectivity index is 1.70. The summed E-state index contributed by atoms with van der Waals surface area (Å²) in [6.07, 6.45) is 0. The largest absolute Gasteiger partial charge is 0.380 e. The van der Waals surface area contributed by atoms with Crippen molar-refractivity contribution in [1.29, 1.82) is 0 Å². The molecule has 0 amide bonds. The Hall–Kier alpha value is -2.92. The number of hydrogen-bond acceptors (Lipinski definition) is 4. The van der Waals surface area contributed by atoms with Gasteiger partial charge in [-0.1, -0.05) is 53.7 Å². The molecule has 2 N–H and O–H groups in total. The van der Waals surface area contributed by atoms with Crippen LogP contribution in [0.2, 0.25) is 0 Å². The van der Waals surface area contributed by atoms with Crippen LogP contribution in [-0.2, 0) is 4.84 Å². The van der Waals surface area contributed by atoms with E-state index >= 15 is 0 Å². The second kappa shape index (κ2) is 6.89. The number of oxime groups is 1. The number of amidine groups is 1. The summed E-state index contributed by atoms with van der Waals surface area (Å²) in [4.78, 5) is 17.6. The van der Waals surface area contributed by atoms with Gasteiger partial charge in [0, 0.05) is 0 Å². The molecular formula is C18H14N2O2S. The Kier molecular flexibility index (Phi) is 4.49. The van der Waals surface area contributed by atoms with Crippen molar-refractivity contribution in [2.75, 3.05) is 0 Å². The van der Waals surface area contributed by atoms with Crippen LogP contribution in [0.4, 0.5) is 0 Å². The molecule has 3 aromatic rings. The van der Waals surface area contributed by atoms with Crippen molar-refractivity contribution in [2.45, 2.75) is 0 Å². The molecule has 0 aliphatic heterocycles. The van der Waals surface area contributed by atoms with Gasteiger partial charge in [0.2, 0.25) is 0 Å². The third-order valence-electron chi connectivity index (χ3n) is 3.23. The van der Waals surface area contributed by atoms with Gasteiger partial charge in [0.05, 0.1) is 10.4 Å². The lowest BCUT2D eigenvalue weighted by molar-refractivity contribution is 0.0516. The van der Waals surface area contributed by atoms with E-state index < -0.39 is 5.97 Å². The maximum absolute atomic E-state index is 12.0. The molecule has 3 rings (SSSR count). The molecule has 23 heavy (non-hydrogen) atoms. The summed E-state index contributed by atoms with van der Waals surface area (Å²) < 4.78 is 0. The molecule has 0 radical (unpaired) electrons. The summed E-state index contributed by atoms with van der Waals surface area (Å²) in [5.74, 6) is -0.349. The summed E-state index contributed by atoms with van der Waals surface area (Å²) in [6, 6.07) is 20.8. The zero-order chi connectivity index (χ0) is 16.1. The maximum Gasteiger partial charge on any atom is 0.365 e. The molecule has 0 saturated heterocycles. The number of nitrogens with two attached hydrogens (primary N) is 1. The van der Waals surface area contributed by atoms with E-state index in [0.717, 1.165) is 16.0 Å². The predicted octanol–water partition coefficient (Wildman–Crippen LogP) is 3.89. The minimum Gasteiger partial charge on any atom is -0.380 e. The van der Waals surface area contributed by atoms with E-state index in [1.54, 1.807) is 12.1 Å². The van der Waals surface area contributed by atoms with Crippen molar-refractivity contribution in [1.82, 2.24) is 0 Å². The fourth-order valence-corrected chi connectivity index (χ4v) is 2.66. The first-order valence-electron chi connectivity index (χ1n) is 6.98. The van der Waals surface area contributed by atoms with Crippen molar-refractivity contribution >= 4 is 23.1 Å². The van der Waals surface area contributed by atoms with E-state index in [-0.39, 0.29) is 5.84 Å². The fraction of sp³-hybridized carbons (Fsp3) is 0. The van der Waals surface area contributed by atoms with Crippen LogP contribution in [0.25, 0.3) is 11.1 Å². The molecule has 1 aromatic heterocycles. The normalized spacial score (nSPS) is 11.2. The molecule has 0 aliphatic rings. The number of carbonyl (C=O) groups is 1. The lowest BCUT2D eigenvalue weighted by atomic mass is 10.0. The minimum atomic E-state index is -0.538. The van der Waals surface area contributed by atoms with Gasteiger partial charge in [-0.2, -0.15) is 0 Å². The highest BCUT2D eigenvalue weighted by Gasteiger charge is 2.08. The van der Waals surface area contributed by atoms with E-state index in [4.69, 9.17) is 10.6 Å². The highest BCUT2D eigenvalue weighted by atomic mass is 32.1. The Morgan fingerprint density at radius 3 is 2.26 bits per heavy atom. The van der Waals surface area contributed by atoms with Crippen LogP contribution in [-0.4, -0.2) is 11.8 Å². The summed E-state index contributed by atoms with van der Waals surface area (Å²) in [5, 5.41) is 5.56. The number of hydrogen-bond donors (Lipinski definition) is 1. The quantitative estimate of drug-likeness (QED) is 0.343. The van der Waals surface area contributed by atoms with Gasteiger partial charge in [-0.3, -0.25) is 0 Å².